The number of nitrogens with one attached hydrogen (secondary N) is 1. The van der Waals surface area contributed by atoms with Crippen molar-refractivity contribution in [2.75, 3.05) is 19.0 Å². The predicted octanol–water partition coefficient (Wildman–Crippen LogP) is 4.27. The first kappa shape index (κ1) is 15.3. The number of hydrogen-bond donors (Lipinski definition) is 1. The smallest absolute Gasteiger partial charge is 0.146 e. The van der Waals surface area contributed by atoms with Gasteiger partial charge < -0.3 is 10.2 Å². The van der Waals surface area contributed by atoms with Crippen LogP contribution in [0.2, 0.25) is 0 Å². The molecule has 0 saturated heterocycles. The van der Waals surface area contributed by atoms with Gasteiger partial charge in [-0.25, -0.2) is 4.39 Å². The van der Waals surface area contributed by atoms with Crippen LogP contribution in [0.3, 0.4) is 0 Å². The lowest BCUT2D eigenvalue weighted by atomic mass is 10.0. The Hall–Kier alpha value is -1.09. The molecule has 20 heavy (non-hydrogen) atoms. The second-order valence-electron chi connectivity index (χ2n) is 5.98. The van der Waals surface area contributed by atoms with E-state index in [1.807, 2.05) is 33.2 Å². The first-order chi connectivity index (χ1) is 9.63. The highest BCUT2D eigenvalue weighted by Gasteiger charge is 2.20. The molecule has 0 aliphatic heterocycles. The Bertz CT molecular complexity index is 425. The van der Waals surface area contributed by atoms with Gasteiger partial charge in [-0.15, -0.1) is 0 Å². The van der Waals surface area contributed by atoms with E-state index in [-0.39, 0.29) is 11.9 Å². The SMILES string of the molecule is CNC(C)c1ccc(N(C)C2CCCCCC2)c(F)c1. The molecule has 0 aromatic heterocycles. The fraction of sp³-hybridized carbons (Fsp3) is 0.647. The number of rotatable bonds is 4. The van der Waals surface area contributed by atoms with E-state index in [1.165, 1.54) is 38.5 Å². The fourth-order valence-electron chi connectivity index (χ4n) is 3.09. The molecule has 0 heterocycles. The maximum atomic E-state index is 14.4. The van der Waals surface area contributed by atoms with Crippen LogP contribution in [0.5, 0.6) is 0 Å². The Kier molecular flexibility index (Phi) is 5.41. The van der Waals surface area contributed by atoms with E-state index in [4.69, 9.17) is 0 Å². The minimum absolute atomic E-state index is 0.101. The molecule has 1 N–H and O–H groups in total. The van der Waals surface area contributed by atoms with Gasteiger partial charge in [-0.1, -0.05) is 31.7 Å². The Morgan fingerprint density at radius 1 is 1.20 bits per heavy atom. The maximum Gasteiger partial charge on any atom is 0.146 e. The van der Waals surface area contributed by atoms with Gasteiger partial charge in [0, 0.05) is 19.1 Å². The van der Waals surface area contributed by atoms with Gasteiger partial charge in [0.2, 0.25) is 0 Å². The summed E-state index contributed by atoms with van der Waals surface area (Å²) in [4.78, 5) is 2.15. The molecule has 1 aromatic carbocycles. The van der Waals surface area contributed by atoms with Crippen molar-refractivity contribution in [2.45, 2.75) is 57.5 Å². The van der Waals surface area contributed by atoms with E-state index >= 15 is 0 Å². The quantitative estimate of drug-likeness (QED) is 0.828. The van der Waals surface area contributed by atoms with Crippen molar-refractivity contribution in [2.24, 2.45) is 0 Å². The highest BCUT2D eigenvalue weighted by atomic mass is 19.1. The summed E-state index contributed by atoms with van der Waals surface area (Å²) in [6.45, 7) is 2.05. The third-order valence-corrected chi connectivity index (χ3v) is 4.66. The molecule has 1 aromatic rings. The highest BCUT2D eigenvalue weighted by molar-refractivity contribution is 5.49. The van der Waals surface area contributed by atoms with Crippen LogP contribution in [-0.2, 0) is 0 Å². The lowest BCUT2D eigenvalue weighted by Crippen LogP contribution is -2.31. The van der Waals surface area contributed by atoms with Crippen LogP contribution >= 0.6 is 0 Å². The first-order valence-electron chi connectivity index (χ1n) is 7.83. The van der Waals surface area contributed by atoms with Crippen LogP contribution in [0.15, 0.2) is 18.2 Å². The van der Waals surface area contributed by atoms with Crippen molar-refractivity contribution < 1.29 is 4.39 Å². The Morgan fingerprint density at radius 2 is 1.85 bits per heavy atom. The van der Waals surface area contributed by atoms with Gasteiger partial charge >= 0.3 is 0 Å². The molecule has 0 spiro atoms. The summed E-state index contributed by atoms with van der Waals surface area (Å²) in [7, 11) is 3.93. The van der Waals surface area contributed by atoms with Gasteiger partial charge in [0.1, 0.15) is 5.82 Å². The topological polar surface area (TPSA) is 15.3 Å². The molecule has 1 saturated carbocycles. The van der Waals surface area contributed by atoms with Crippen LogP contribution < -0.4 is 10.2 Å². The molecule has 0 bridgehead atoms. The lowest BCUT2D eigenvalue weighted by Gasteiger charge is -2.30. The second kappa shape index (κ2) is 7.07. The summed E-state index contributed by atoms with van der Waals surface area (Å²) >= 11 is 0. The average molecular weight is 278 g/mol. The number of anilines is 1. The summed E-state index contributed by atoms with van der Waals surface area (Å²) < 4.78 is 14.4. The van der Waals surface area contributed by atoms with E-state index in [9.17, 15) is 4.39 Å². The number of halogens is 1. The van der Waals surface area contributed by atoms with Gasteiger partial charge in [-0.05, 0) is 44.5 Å². The minimum Gasteiger partial charge on any atom is -0.369 e. The van der Waals surface area contributed by atoms with E-state index in [0.29, 0.717) is 6.04 Å². The molecular formula is C17H27FN2. The normalized spacial score (nSPS) is 18.6. The van der Waals surface area contributed by atoms with E-state index in [1.54, 1.807) is 6.07 Å². The molecule has 2 rings (SSSR count). The van der Waals surface area contributed by atoms with Crippen LogP contribution in [0, 0.1) is 5.82 Å². The van der Waals surface area contributed by atoms with Crippen molar-refractivity contribution in [3.05, 3.63) is 29.6 Å². The van der Waals surface area contributed by atoms with Gasteiger partial charge in [0.05, 0.1) is 5.69 Å². The number of nitrogens with zero attached hydrogens (tertiary/aromatic N) is 1. The zero-order valence-electron chi connectivity index (χ0n) is 13.0. The van der Waals surface area contributed by atoms with Gasteiger partial charge in [0.25, 0.3) is 0 Å². The third kappa shape index (κ3) is 3.51. The number of benzene rings is 1. The lowest BCUT2D eigenvalue weighted by molar-refractivity contribution is 0.536. The summed E-state index contributed by atoms with van der Waals surface area (Å²) in [5.74, 6) is -0.101. The van der Waals surface area contributed by atoms with Crippen LogP contribution in [0.25, 0.3) is 0 Å². The molecule has 1 fully saturated rings. The van der Waals surface area contributed by atoms with Crippen molar-refractivity contribution in [3.8, 4) is 0 Å². The van der Waals surface area contributed by atoms with Crippen molar-refractivity contribution in [1.29, 1.82) is 0 Å². The monoisotopic (exact) mass is 278 g/mol. The molecule has 1 aliphatic rings. The standard InChI is InChI=1S/C17H27FN2/c1-13(19-2)14-10-11-17(16(18)12-14)20(3)15-8-6-4-5-7-9-15/h10-13,15,19H,4-9H2,1-3H3. The van der Waals surface area contributed by atoms with Crippen LogP contribution in [-0.4, -0.2) is 20.1 Å². The Balaban J connectivity index is 2.14. The van der Waals surface area contributed by atoms with E-state index in [0.717, 1.165) is 11.3 Å². The van der Waals surface area contributed by atoms with Gasteiger partial charge in [0.15, 0.2) is 0 Å². The molecule has 1 unspecified atom stereocenters. The Morgan fingerprint density at radius 3 is 2.40 bits per heavy atom. The van der Waals surface area contributed by atoms with Gasteiger partial charge in [-0.2, -0.15) is 0 Å². The van der Waals surface area contributed by atoms with Crippen LogP contribution in [0.1, 0.15) is 57.1 Å². The molecule has 1 aliphatic carbocycles. The fourth-order valence-corrected chi connectivity index (χ4v) is 3.09. The van der Waals surface area contributed by atoms with Crippen molar-refractivity contribution in [3.63, 3.8) is 0 Å². The van der Waals surface area contributed by atoms with Crippen LogP contribution in [0.4, 0.5) is 10.1 Å². The molecule has 2 nitrogen and oxygen atoms in total. The van der Waals surface area contributed by atoms with Crippen molar-refractivity contribution in [1.82, 2.24) is 5.32 Å². The average Bonchev–Trinajstić information content (AvgIpc) is 2.74. The minimum atomic E-state index is -0.101. The highest BCUT2D eigenvalue weighted by Crippen LogP contribution is 2.28. The predicted molar refractivity (Wildman–Crippen MR) is 83.8 cm³/mol. The summed E-state index contributed by atoms with van der Waals surface area (Å²) in [6.07, 6.45) is 7.56. The molecule has 3 heteroatoms. The van der Waals surface area contributed by atoms with E-state index in [2.05, 4.69) is 10.2 Å². The molecule has 0 amide bonds. The van der Waals surface area contributed by atoms with E-state index < -0.39 is 0 Å². The Labute approximate surface area is 122 Å². The second-order valence-corrected chi connectivity index (χ2v) is 5.98. The number of hydrogen-bond acceptors (Lipinski definition) is 2. The summed E-state index contributed by atoms with van der Waals surface area (Å²) in [6, 6.07) is 6.31. The largest absolute Gasteiger partial charge is 0.369 e. The molecule has 1 atom stereocenters. The first-order valence-corrected chi connectivity index (χ1v) is 7.83. The zero-order valence-corrected chi connectivity index (χ0v) is 13.0. The third-order valence-electron chi connectivity index (χ3n) is 4.66. The summed E-state index contributed by atoms with van der Waals surface area (Å²) in [5, 5.41) is 3.15. The molecule has 112 valence electrons. The maximum absolute atomic E-state index is 14.4. The van der Waals surface area contributed by atoms with Gasteiger partial charge in [-0.3, -0.25) is 0 Å². The van der Waals surface area contributed by atoms with Crippen molar-refractivity contribution >= 4 is 5.69 Å². The molecule has 0 radical (unpaired) electrons. The zero-order chi connectivity index (χ0) is 14.5. The molecular weight excluding hydrogens is 251 g/mol. The summed E-state index contributed by atoms with van der Waals surface area (Å²) in [5.41, 5.74) is 1.74.